The first-order valence-corrected chi connectivity index (χ1v) is 5.45. The van der Waals surface area contributed by atoms with Crippen LogP contribution in [0.3, 0.4) is 0 Å². The zero-order valence-electron chi connectivity index (χ0n) is 8.76. The van der Waals surface area contributed by atoms with Gasteiger partial charge in [0.05, 0.1) is 0 Å². The number of carboxylic acids is 1. The second kappa shape index (κ2) is 2.01. The highest BCUT2D eigenvalue weighted by atomic mass is 16.4. The third kappa shape index (κ3) is 0.553. The molecular weight excluding hydrogens is 178 g/mol. The van der Waals surface area contributed by atoms with Crippen LogP contribution in [0.15, 0.2) is 0 Å². The SMILES string of the molecule is C[C@@]12CC[C@H]3C[C@@]1(C(=O)O)NC[C@@]32C. The third-order valence-corrected chi connectivity index (χ3v) is 5.77. The number of piperidine rings is 1. The Morgan fingerprint density at radius 1 is 1.50 bits per heavy atom. The molecule has 3 nitrogen and oxygen atoms in total. The molecule has 0 unspecified atom stereocenters. The Kier molecular flexibility index (Phi) is 1.25. The molecule has 3 heteroatoms. The van der Waals surface area contributed by atoms with Gasteiger partial charge in [-0.2, -0.15) is 0 Å². The first-order valence-electron chi connectivity index (χ1n) is 5.45. The van der Waals surface area contributed by atoms with Crippen molar-refractivity contribution in [3.05, 3.63) is 0 Å². The van der Waals surface area contributed by atoms with Crippen molar-refractivity contribution in [3.8, 4) is 0 Å². The van der Waals surface area contributed by atoms with Crippen LogP contribution < -0.4 is 5.32 Å². The van der Waals surface area contributed by atoms with Crippen LogP contribution in [0.5, 0.6) is 0 Å². The molecule has 1 heterocycles. The molecule has 1 saturated heterocycles. The van der Waals surface area contributed by atoms with Gasteiger partial charge in [-0.05, 0) is 30.6 Å². The molecule has 0 spiro atoms. The molecule has 0 radical (unpaired) electrons. The minimum absolute atomic E-state index is 0.0174. The molecule has 3 aliphatic rings. The normalized spacial score (nSPS) is 59.4. The van der Waals surface area contributed by atoms with E-state index in [9.17, 15) is 9.90 Å². The zero-order valence-corrected chi connectivity index (χ0v) is 8.76. The standard InChI is InChI=1S/C11H17NO2/c1-9-6-12-11(8(13)14)5-7(9)3-4-10(9,11)2/h7,12H,3-6H2,1-2H3,(H,13,14)/t7-,9-,10-,11-/m0/s1. The Morgan fingerprint density at radius 3 is 2.64 bits per heavy atom. The Bertz CT molecular complexity index is 329. The molecule has 3 rings (SSSR count). The van der Waals surface area contributed by atoms with E-state index in [0.717, 1.165) is 19.4 Å². The summed E-state index contributed by atoms with van der Waals surface area (Å²) in [7, 11) is 0. The fourth-order valence-corrected chi connectivity index (χ4v) is 4.48. The molecule has 0 aromatic carbocycles. The highest BCUT2D eigenvalue weighted by molar-refractivity contribution is 5.82. The maximum atomic E-state index is 11.5. The second-order valence-corrected chi connectivity index (χ2v) is 5.75. The van der Waals surface area contributed by atoms with Crippen LogP contribution in [0.2, 0.25) is 0 Å². The Hall–Kier alpha value is -0.570. The average Bonchev–Trinajstić information content (AvgIpc) is 2.58. The van der Waals surface area contributed by atoms with E-state index in [1.807, 2.05) is 0 Å². The van der Waals surface area contributed by atoms with Gasteiger partial charge in [-0.25, -0.2) is 0 Å². The lowest BCUT2D eigenvalue weighted by atomic mass is 9.66. The predicted molar refractivity (Wildman–Crippen MR) is 51.9 cm³/mol. The fraction of sp³-hybridized carbons (Fsp3) is 0.909. The van der Waals surface area contributed by atoms with Gasteiger partial charge in [-0.3, -0.25) is 4.79 Å². The maximum Gasteiger partial charge on any atom is 0.324 e. The van der Waals surface area contributed by atoms with E-state index in [-0.39, 0.29) is 10.8 Å². The summed E-state index contributed by atoms with van der Waals surface area (Å²) in [5, 5.41) is 12.7. The van der Waals surface area contributed by atoms with Gasteiger partial charge in [-0.15, -0.1) is 0 Å². The van der Waals surface area contributed by atoms with Crippen LogP contribution in [0.25, 0.3) is 0 Å². The Balaban J connectivity index is 2.18. The van der Waals surface area contributed by atoms with Gasteiger partial charge in [0.25, 0.3) is 0 Å². The molecule has 4 bridgehead atoms. The van der Waals surface area contributed by atoms with Gasteiger partial charge in [0.2, 0.25) is 0 Å². The van der Waals surface area contributed by atoms with Crippen molar-refractivity contribution in [2.45, 2.75) is 38.6 Å². The lowest BCUT2D eigenvalue weighted by molar-refractivity contribution is -0.149. The molecule has 0 aromatic rings. The molecule has 1 aliphatic heterocycles. The minimum atomic E-state index is -0.633. The number of carboxylic acid groups (broad SMARTS) is 1. The van der Waals surface area contributed by atoms with E-state index in [2.05, 4.69) is 19.2 Å². The molecular formula is C11H17NO2. The van der Waals surface area contributed by atoms with E-state index < -0.39 is 11.5 Å². The number of hydrogen-bond donors (Lipinski definition) is 2. The third-order valence-electron chi connectivity index (χ3n) is 5.77. The molecule has 0 aromatic heterocycles. The summed E-state index contributed by atoms with van der Waals surface area (Å²) >= 11 is 0. The zero-order chi connectivity index (χ0) is 10.2. The van der Waals surface area contributed by atoms with E-state index in [1.165, 1.54) is 6.42 Å². The summed E-state index contributed by atoms with van der Waals surface area (Å²) in [5.74, 6) is -0.00391. The second-order valence-electron chi connectivity index (χ2n) is 5.75. The maximum absolute atomic E-state index is 11.5. The van der Waals surface area contributed by atoms with E-state index in [1.54, 1.807) is 0 Å². The molecule has 0 amide bonds. The van der Waals surface area contributed by atoms with Crippen LogP contribution >= 0.6 is 0 Å². The van der Waals surface area contributed by atoms with Gasteiger partial charge in [0.15, 0.2) is 0 Å². The van der Waals surface area contributed by atoms with E-state index in [4.69, 9.17) is 0 Å². The van der Waals surface area contributed by atoms with Gasteiger partial charge in [0, 0.05) is 12.0 Å². The largest absolute Gasteiger partial charge is 0.480 e. The molecule has 2 aliphatic carbocycles. The highest BCUT2D eigenvalue weighted by Crippen LogP contribution is 2.72. The average molecular weight is 195 g/mol. The topological polar surface area (TPSA) is 49.3 Å². The molecule has 2 saturated carbocycles. The number of hydrogen-bond acceptors (Lipinski definition) is 2. The Morgan fingerprint density at radius 2 is 2.21 bits per heavy atom. The summed E-state index contributed by atoms with van der Waals surface area (Å²) in [6.45, 7) is 5.34. The lowest BCUT2D eigenvalue weighted by Crippen LogP contribution is -2.57. The molecule has 78 valence electrons. The van der Waals surface area contributed by atoms with E-state index in [0.29, 0.717) is 5.92 Å². The quantitative estimate of drug-likeness (QED) is 0.662. The van der Waals surface area contributed by atoms with Gasteiger partial charge in [-0.1, -0.05) is 13.8 Å². The molecule has 4 atom stereocenters. The summed E-state index contributed by atoms with van der Waals surface area (Å²) in [4.78, 5) is 11.5. The fourth-order valence-electron chi connectivity index (χ4n) is 4.48. The summed E-state index contributed by atoms with van der Waals surface area (Å²) in [5.41, 5.74) is -0.396. The van der Waals surface area contributed by atoms with Crippen LogP contribution in [0, 0.1) is 16.7 Å². The first-order chi connectivity index (χ1) is 6.46. The van der Waals surface area contributed by atoms with Crippen LogP contribution in [0.1, 0.15) is 33.1 Å². The Labute approximate surface area is 83.9 Å². The smallest absolute Gasteiger partial charge is 0.324 e. The summed E-state index contributed by atoms with van der Waals surface area (Å²) in [6.07, 6.45) is 3.15. The predicted octanol–water partition coefficient (Wildman–Crippen LogP) is 1.24. The number of nitrogens with one attached hydrogen (secondary N) is 1. The number of aliphatic carboxylic acids is 1. The van der Waals surface area contributed by atoms with Crippen LogP contribution in [-0.2, 0) is 4.79 Å². The monoisotopic (exact) mass is 195 g/mol. The van der Waals surface area contributed by atoms with Crippen molar-refractivity contribution < 1.29 is 9.90 Å². The minimum Gasteiger partial charge on any atom is -0.480 e. The van der Waals surface area contributed by atoms with Gasteiger partial charge in [0.1, 0.15) is 5.54 Å². The lowest BCUT2D eigenvalue weighted by Gasteiger charge is -2.39. The van der Waals surface area contributed by atoms with Crippen LogP contribution in [0.4, 0.5) is 0 Å². The van der Waals surface area contributed by atoms with Crippen molar-refractivity contribution in [2.75, 3.05) is 6.54 Å². The van der Waals surface area contributed by atoms with Crippen molar-refractivity contribution in [2.24, 2.45) is 16.7 Å². The molecule has 2 N–H and O–H groups in total. The highest BCUT2D eigenvalue weighted by Gasteiger charge is 2.77. The number of carbonyl (C=O) groups is 1. The van der Waals surface area contributed by atoms with Crippen molar-refractivity contribution in [1.29, 1.82) is 0 Å². The van der Waals surface area contributed by atoms with Crippen molar-refractivity contribution in [3.63, 3.8) is 0 Å². The summed E-state index contributed by atoms with van der Waals surface area (Å²) < 4.78 is 0. The summed E-state index contributed by atoms with van der Waals surface area (Å²) in [6, 6.07) is 0. The molecule has 14 heavy (non-hydrogen) atoms. The number of rotatable bonds is 1. The van der Waals surface area contributed by atoms with Gasteiger partial charge >= 0.3 is 5.97 Å². The first kappa shape index (κ1) is 8.72. The van der Waals surface area contributed by atoms with Crippen molar-refractivity contribution in [1.82, 2.24) is 5.32 Å². The van der Waals surface area contributed by atoms with E-state index >= 15 is 0 Å². The molecule has 3 fully saturated rings. The van der Waals surface area contributed by atoms with Gasteiger partial charge < -0.3 is 10.4 Å². The van der Waals surface area contributed by atoms with Crippen LogP contribution in [-0.4, -0.2) is 23.2 Å². The van der Waals surface area contributed by atoms with Crippen molar-refractivity contribution >= 4 is 5.97 Å².